The minimum Gasteiger partial charge on any atom is -0.349 e. The van der Waals surface area contributed by atoms with Crippen molar-refractivity contribution >= 4 is 21.5 Å². The fourth-order valence-electron chi connectivity index (χ4n) is 6.57. The summed E-state index contributed by atoms with van der Waals surface area (Å²) in [6.07, 6.45) is -0.0895. The zero-order valence-electron chi connectivity index (χ0n) is 22.2. The van der Waals surface area contributed by atoms with Crippen LogP contribution < -0.4 is 0 Å². The van der Waals surface area contributed by atoms with Crippen LogP contribution in [0.2, 0.25) is 0 Å². The monoisotopic (exact) mass is 499 g/mol. The van der Waals surface area contributed by atoms with Gasteiger partial charge in [-0.05, 0) is 70.1 Å². The quantitative estimate of drug-likeness (QED) is 0.243. The van der Waals surface area contributed by atoms with Gasteiger partial charge in [0.25, 0.3) is 0 Å². The van der Waals surface area contributed by atoms with E-state index < -0.39 is 5.79 Å². The van der Waals surface area contributed by atoms with Gasteiger partial charge in [-0.3, -0.25) is 4.90 Å². The lowest BCUT2D eigenvalue weighted by molar-refractivity contribution is -0.299. The molecule has 7 rings (SSSR count). The first-order chi connectivity index (χ1) is 18.5. The fraction of sp³-hybridized carbons (Fsp3) is 0.257. The van der Waals surface area contributed by atoms with Crippen molar-refractivity contribution in [3.8, 4) is 11.1 Å². The van der Waals surface area contributed by atoms with Crippen molar-refractivity contribution in [2.75, 3.05) is 6.61 Å². The maximum atomic E-state index is 6.67. The van der Waals surface area contributed by atoms with Crippen LogP contribution in [0.25, 0.3) is 32.7 Å². The molecule has 0 aliphatic carbocycles. The van der Waals surface area contributed by atoms with E-state index in [2.05, 4.69) is 115 Å². The molecule has 2 aliphatic heterocycles. The minimum atomic E-state index is -0.631. The molecule has 0 saturated carbocycles. The molecule has 5 aromatic rings. The topological polar surface area (TPSA) is 21.7 Å². The summed E-state index contributed by atoms with van der Waals surface area (Å²) < 4.78 is 13.0. The molecule has 0 bridgehead atoms. The first-order valence-corrected chi connectivity index (χ1v) is 13.7. The number of rotatable bonds is 2. The molecule has 0 radical (unpaired) electrons. The molecule has 0 amide bonds. The lowest BCUT2D eigenvalue weighted by Crippen LogP contribution is -2.52. The maximum absolute atomic E-state index is 6.67. The maximum Gasteiger partial charge on any atom is 0.163 e. The molecule has 1 saturated heterocycles. The van der Waals surface area contributed by atoms with Gasteiger partial charge in [0.05, 0.1) is 12.6 Å². The Labute approximate surface area is 224 Å². The van der Waals surface area contributed by atoms with Crippen molar-refractivity contribution in [3.05, 3.63) is 120 Å². The van der Waals surface area contributed by atoms with Crippen LogP contribution >= 0.6 is 0 Å². The van der Waals surface area contributed by atoms with E-state index in [-0.39, 0.29) is 18.2 Å². The molecule has 2 heterocycles. The fourth-order valence-corrected chi connectivity index (χ4v) is 6.57. The van der Waals surface area contributed by atoms with Gasteiger partial charge in [0.15, 0.2) is 5.79 Å². The Hall–Kier alpha value is -3.50. The third kappa shape index (κ3) is 3.85. The summed E-state index contributed by atoms with van der Waals surface area (Å²) in [6.45, 7) is 7.83. The molecule has 0 aromatic heterocycles. The van der Waals surface area contributed by atoms with Crippen LogP contribution in [-0.4, -0.2) is 23.3 Å². The lowest BCUT2D eigenvalue weighted by atomic mass is 9.86. The molecule has 3 atom stereocenters. The van der Waals surface area contributed by atoms with E-state index in [0.717, 1.165) is 6.54 Å². The van der Waals surface area contributed by atoms with Crippen LogP contribution in [0.15, 0.2) is 103 Å². The van der Waals surface area contributed by atoms with Crippen molar-refractivity contribution in [2.45, 2.75) is 51.3 Å². The van der Waals surface area contributed by atoms with E-state index in [4.69, 9.17) is 9.47 Å². The van der Waals surface area contributed by atoms with E-state index in [0.29, 0.717) is 6.61 Å². The number of benzene rings is 5. The van der Waals surface area contributed by atoms with Crippen molar-refractivity contribution in [2.24, 2.45) is 0 Å². The molecule has 3 nitrogen and oxygen atoms in total. The summed E-state index contributed by atoms with van der Waals surface area (Å²) in [6, 6.07) is 37.7. The average Bonchev–Trinajstić information content (AvgIpc) is 3.07. The van der Waals surface area contributed by atoms with Crippen molar-refractivity contribution in [1.29, 1.82) is 0 Å². The van der Waals surface area contributed by atoms with Crippen LogP contribution in [0.4, 0.5) is 0 Å². The smallest absolute Gasteiger partial charge is 0.163 e. The van der Waals surface area contributed by atoms with Crippen molar-refractivity contribution in [1.82, 2.24) is 4.90 Å². The Morgan fingerprint density at radius 2 is 1.34 bits per heavy atom. The van der Waals surface area contributed by atoms with Crippen LogP contribution in [0.1, 0.15) is 49.6 Å². The highest BCUT2D eigenvalue weighted by atomic mass is 16.7. The predicted molar refractivity (Wildman–Crippen MR) is 155 cm³/mol. The number of ether oxygens (including phenoxy) is 2. The molecule has 5 aromatic carbocycles. The third-order valence-corrected chi connectivity index (χ3v) is 8.44. The van der Waals surface area contributed by atoms with E-state index in [1.807, 2.05) is 13.8 Å². The Kier molecular flexibility index (Phi) is 5.63. The van der Waals surface area contributed by atoms with Gasteiger partial charge in [-0.15, -0.1) is 0 Å². The van der Waals surface area contributed by atoms with E-state index in [1.54, 1.807) is 0 Å². The highest BCUT2D eigenvalue weighted by molar-refractivity contribution is 6.08. The zero-order valence-corrected chi connectivity index (χ0v) is 22.2. The summed E-state index contributed by atoms with van der Waals surface area (Å²) in [4.78, 5) is 2.61. The molecular weight excluding hydrogens is 466 g/mol. The number of hydrogen-bond donors (Lipinski definition) is 0. The van der Waals surface area contributed by atoms with Gasteiger partial charge in [0.1, 0.15) is 6.10 Å². The second-order valence-electron chi connectivity index (χ2n) is 11.1. The molecular formula is C35H33NO2. The Balaban J connectivity index is 1.46. The van der Waals surface area contributed by atoms with Gasteiger partial charge < -0.3 is 9.47 Å². The van der Waals surface area contributed by atoms with Gasteiger partial charge in [0.2, 0.25) is 0 Å². The molecule has 3 heteroatoms. The van der Waals surface area contributed by atoms with Crippen LogP contribution in [-0.2, 0) is 16.0 Å². The van der Waals surface area contributed by atoms with Gasteiger partial charge in [0, 0.05) is 12.6 Å². The zero-order chi connectivity index (χ0) is 25.9. The summed E-state index contributed by atoms with van der Waals surface area (Å²) >= 11 is 0. The normalized spacial score (nSPS) is 23.1. The van der Waals surface area contributed by atoms with Gasteiger partial charge in [-0.1, -0.05) is 103 Å². The first-order valence-electron chi connectivity index (χ1n) is 13.7. The second-order valence-corrected chi connectivity index (χ2v) is 11.1. The van der Waals surface area contributed by atoms with E-state index in [1.165, 1.54) is 49.4 Å². The summed E-state index contributed by atoms with van der Waals surface area (Å²) in [5.41, 5.74) is 6.62. The molecule has 0 N–H and O–H groups in total. The molecule has 38 heavy (non-hydrogen) atoms. The Morgan fingerprint density at radius 1 is 0.711 bits per heavy atom. The third-order valence-electron chi connectivity index (χ3n) is 8.44. The largest absolute Gasteiger partial charge is 0.349 e. The summed E-state index contributed by atoms with van der Waals surface area (Å²) in [5.74, 6) is -0.631. The number of fused-ring (bicyclic) bond motifs is 7. The Bertz CT molecular complexity index is 1640. The van der Waals surface area contributed by atoms with E-state index >= 15 is 0 Å². The molecule has 1 fully saturated rings. The molecule has 0 unspecified atom stereocenters. The SMILES string of the molecule is C[C@@H]1c2ccc3ccccc3c2-c2c(ccc3ccccc23)CN1[C@H]1COC(C)(C)O[C@H]1c1ccccc1. The first kappa shape index (κ1) is 23.6. The molecule has 0 spiro atoms. The predicted octanol–water partition coefficient (Wildman–Crippen LogP) is 8.43. The summed E-state index contributed by atoms with van der Waals surface area (Å²) in [5, 5.41) is 5.18. The van der Waals surface area contributed by atoms with Crippen LogP contribution in [0, 0.1) is 0 Å². The number of nitrogens with zero attached hydrogens (tertiary/aromatic N) is 1. The summed E-state index contributed by atoms with van der Waals surface area (Å²) in [7, 11) is 0. The van der Waals surface area contributed by atoms with Crippen molar-refractivity contribution < 1.29 is 9.47 Å². The van der Waals surface area contributed by atoms with Gasteiger partial charge in [-0.25, -0.2) is 0 Å². The lowest BCUT2D eigenvalue weighted by Gasteiger charge is -2.47. The number of hydrogen-bond acceptors (Lipinski definition) is 3. The average molecular weight is 500 g/mol. The van der Waals surface area contributed by atoms with Gasteiger partial charge in [-0.2, -0.15) is 0 Å². The molecule has 2 aliphatic rings. The highest BCUT2D eigenvalue weighted by Crippen LogP contribution is 2.48. The molecule has 190 valence electrons. The standard InChI is InChI=1S/C35H33NO2/c1-23-28-20-19-25-12-8-10-16-30(25)33(28)32-27(18-17-24-11-7-9-15-29(24)32)21-36(23)31-22-37-35(2,3)38-34(31)26-13-5-4-6-14-26/h4-20,23,31,34H,21-22H2,1-3H3/t23-,31+,34+/m1/s1. The van der Waals surface area contributed by atoms with Crippen LogP contribution in [0.5, 0.6) is 0 Å². The van der Waals surface area contributed by atoms with Crippen molar-refractivity contribution in [3.63, 3.8) is 0 Å². The van der Waals surface area contributed by atoms with Crippen LogP contribution in [0.3, 0.4) is 0 Å². The Morgan fingerprint density at radius 3 is 2.08 bits per heavy atom. The second kappa shape index (κ2) is 9.06. The highest BCUT2D eigenvalue weighted by Gasteiger charge is 2.43. The minimum absolute atomic E-state index is 0.0668. The van der Waals surface area contributed by atoms with E-state index in [9.17, 15) is 0 Å². The van der Waals surface area contributed by atoms with Gasteiger partial charge >= 0.3 is 0 Å².